The number of nitrogens with one attached hydrogen (secondary N) is 1. The number of carbonyl (C=O) groups is 4. The summed E-state index contributed by atoms with van der Waals surface area (Å²) in [6.07, 6.45) is 0.869. The lowest BCUT2D eigenvalue weighted by molar-refractivity contribution is -0.145. The van der Waals surface area contributed by atoms with Crippen LogP contribution in [0.25, 0.3) is 0 Å². The summed E-state index contributed by atoms with van der Waals surface area (Å²) in [4.78, 5) is 49.5. The van der Waals surface area contributed by atoms with Gasteiger partial charge in [0.15, 0.2) is 0 Å². The fourth-order valence-electron chi connectivity index (χ4n) is 3.07. The van der Waals surface area contributed by atoms with E-state index in [-0.39, 0.29) is 25.2 Å². The van der Waals surface area contributed by atoms with Crippen molar-refractivity contribution in [2.24, 2.45) is 0 Å². The number of nitrogens with zero attached hydrogens (tertiary/aromatic N) is 1. The number of hydrogen-bond acceptors (Lipinski definition) is 6. The average Bonchev–Trinajstić information content (AvgIpc) is 3.19. The lowest BCUT2D eigenvalue weighted by atomic mass is 10.1. The van der Waals surface area contributed by atoms with Gasteiger partial charge in [0, 0.05) is 13.0 Å². The zero-order valence-electron chi connectivity index (χ0n) is 16.2. The zero-order valence-corrected chi connectivity index (χ0v) is 16.2. The van der Waals surface area contributed by atoms with Crippen molar-refractivity contribution in [2.75, 3.05) is 13.7 Å². The first-order valence-electron chi connectivity index (χ1n) is 9.27. The van der Waals surface area contributed by atoms with Crippen LogP contribution in [0.15, 0.2) is 30.3 Å². The summed E-state index contributed by atoms with van der Waals surface area (Å²) in [6, 6.07) is 7.62. The predicted molar refractivity (Wildman–Crippen MR) is 100 cm³/mol. The van der Waals surface area contributed by atoms with E-state index in [0.29, 0.717) is 19.4 Å². The van der Waals surface area contributed by atoms with Crippen molar-refractivity contribution in [3.63, 3.8) is 0 Å². The van der Waals surface area contributed by atoms with Gasteiger partial charge >= 0.3 is 12.1 Å². The molecule has 0 aromatic heterocycles. The minimum absolute atomic E-state index is 0.0878. The van der Waals surface area contributed by atoms with Crippen LogP contribution in [0.1, 0.15) is 38.2 Å². The van der Waals surface area contributed by atoms with Gasteiger partial charge in [-0.1, -0.05) is 30.3 Å². The first-order valence-corrected chi connectivity index (χ1v) is 9.27. The third-order valence-electron chi connectivity index (χ3n) is 4.58. The molecule has 8 heteroatoms. The van der Waals surface area contributed by atoms with Gasteiger partial charge in [0.1, 0.15) is 24.5 Å². The zero-order chi connectivity index (χ0) is 20.5. The monoisotopic (exact) mass is 390 g/mol. The SMILES string of the molecule is COC(=O)[C@H](CCC(C)=O)NC(=O)[C@H]1CCCN1C(=O)OCc1ccccc1. The Labute approximate surface area is 164 Å². The highest BCUT2D eigenvalue weighted by atomic mass is 16.6. The van der Waals surface area contributed by atoms with E-state index in [2.05, 4.69) is 5.32 Å². The molecule has 2 rings (SSSR count). The molecule has 1 N–H and O–H groups in total. The average molecular weight is 390 g/mol. The Balaban J connectivity index is 1.95. The first kappa shape index (κ1) is 21.4. The second-order valence-corrected chi connectivity index (χ2v) is 6.72. The number of amides is 2. The highest BCUT2D eigenvalue weighted by molar-refractivity contribution is 5.90. The molecule has 1 heterocycles. The van der Waals surface area contributed by atoms with Gasteiger partial charge in [-0.05, 0) is 31.7 Å². The second-order valence-electron chi connectivity index (χ2n) is 6.72. The molecule has 0 aliphatic carbocycles. The summed E-state index contributed by atoms with van der Waals surface area (Å²) in [7, 11) is 1.22. The van der Waals surface area contributed by atoms with E-state index in [0.717, 1.165) is 5.56 Å². The van der Waals surface area contributed by atoms with Crippen LogP contribution in [0.2, 0.25) is 0 Å². The summed E-state index contributed by atoms with van der Waals surface area (Å²) in [5, 5.41) is 2.61. The fourth-order valence-corrected chi connectivity index (χ4v) is 3.07. The number of benzene rings is 1. The van der Waals surface area contributed by atoms with Gasteiger partial charge in [0.05, 0.1) is 7.11 Å². The molecule has 28 heavy (non-hydrogen) atoms. The van der Waals surface area contributed by atoms with Gasteiger partial charge in [-0.3, -0.25) is 9.69 Å². The molecule has 1 fully saturated rings. The maximum atomic E-state index is 12.7. The van der Waals surface area contributed by atoms with Gasteiger partial charge in [-0.15, -0.1) is 0 Å². The van der Waals surface area contributed by atoms with Crippen LogP contribution in [0, 0.1) is 0 Å². The summed E-state index contributed by atoms with van der Waals surface area (Å²) < 4.78 is 10.0. The standard InChI is InChI=1S/C20H26N2O6/c1-14(23)10-11-16(19(25)27-2)21-18(24)17-9-6-12-22(17)20(26)28-13-15-7-4-3-5-8-15/h3-5,7-8,16-17H,6,9-13H2,1-2H3,(H,21,24)/t16-,17+/m0/s1. The van der Waals surface area contributed by atoms with Crippen LogP contribution < -0.4 is 5.32 Å². The van der Waals surface area contributed by atoms with Crippen molar-refractivity contribution in [2.45, 2.75) is 51.3 Å². The number of ketones is 1. The molecule has 0 radical (unpaired) electrons. The molecule has 0 spiro atoms. The second kappa shape index (κ2) is 10.4. The highest BCUT2D eigenvalue weighted by Crippen LogP contribution is 2.19. The molecular formula is C20H26N2O6. The molecule has 0 bridgehead atoms. The van der Waals surface area contributed by atoms with Crippen LogP contribution in [-0.2, 0) is 30.5 Å². The summed E-state index contributed by atoms with van der Waals surface area (Å²) >= 11 is 0. The maximum Gasteiger partial charge on any atom is 0.410 e. The molecule has 1 aliphatic rings. The summed E-state index contributed by atoms with van der Waals surface area (Å²) in [5.74, 6) is -1.16. The van der Waals surface area contributed by atoms with E-state index in [1.807, 2.05) is 30.3 Å². The van der Waals surface area contributed by atoms with Crippen LogP contribution in [0.5, 0.6) is 0 Å². The Morgan fingerprint density at radius 3 is 2.57 bits per heavy atom. The van der Waals surface area contributed by atoms with Crippen molar-refractivity contribution >= 4 is 23.8 Å². The molecule has 2 atom stereocenters. The lowest BCUT2D eigenvalue weighted by Crippen LogP contribution is -2.51. The predicted octanol–water partition coefficient (Wildman–Crippen LogP) is 1.81. The number of ether oxygens (including phenoxy) is 2. The fraction of sp³-hybridized carbons (Fsp3) is 0.500. The van der Waals surface area contributed by atoms with Crippen molar-refractivity contribution in [3.05, 3.63) is 35.9 Å². The lowest BCUT2D eigenvalue weighted by Gasteiger charge is -2.25. The normalized spacial score (nSPS) is 16.9. The van der Waals surface area contributed by atoms with Crippen molar-refractivity contribution in [3.8, 4) is 0 Å². The molecule has 1 aliphatic heterocycles. The van der Waals surface area contributed by atoms with E-state index >= 15 is 0 Å². The molecule has 2 amide bonds. The smallest absolute Gasteiger partial charge is 0.410 e. The number of likely N-dealkylation sites (tertiary alicyclic amines) is 1. The summed E-state index contributed by atoms with van der Waals surface area (Å²) in [5.41, 5.74) is 0.853. The topological polar surface area (TPSA) is 102 Å². The number of Topliss-reactive ketones (excluding diaryl/α,β-unsaturated/α-hetero) is 1. The molecular weight excluding hydrogens is 364 g/mol. The number of methoxy groups -OCH3 is 1. The highest BCUT2D eigenvalue weighted by Gasteiger charge is 2.36. The number of esters is 1. The van der Waals surface area contributed by atoms with Crippen LogP contribution in [0.4, 0.5) is 4.79 Å². The van der Waals surface area contributed by atoms with Crippen LogP contribution >= 0.6 is 0 Å². The van der Waals surface area contributed by atoms with Crippen molar-refractivity contribution in [1.29, 1.82) is 0 Å². The summed E-state index contributed by atoms with van der Waals surface area (Å²) in [6.45, 7) is 1.94. The van der Waals surface area contributed by atoms with Gasteiger partial charge in [-0.25, -0.2) is 9.59 Å². The molecule has 152 valence electrons. The van der Waals surface area contributed by atoms with Crippen LogP contribution in [-0.4, -0.2) is 54.4 Å². The van der Waals surface area contributed by atoms with E-state index in [4.69, 9.17) is 9.47 Å². The Morgan fingerprint density at radius 1 is 1.21 bits per heavy atom. The minimum atomic E-state index is -0.927. The van der Waals surface area contributed by atoms with Gasteiger partial charge in [0.25, 0.3) is 0 Å². The molecule has 1 aromatic carbocycles. The maximum absolute atomic E-state index is 12.7. The van der Waals surface area contributed by atoms with E-state index in [1.165, 1.54) is 18.9 Å². The van der Waals surface area contributed by atoms with Crippen molar-refractivity contribution < 1.29 is 28.7 Å². The van der Waals surface area contributed by atoms with Crippen molar-refractivity contribution in [1.82, 2.24) is 10.2 Å². The third kappa shape index (κ3) is 6.07. The Hall–Kier alpha value is -2.90. The molecule has 8 nitrogen and oxygen atoms in total. The Bertz CT molecular complexity index is 706. The van der Waals surface area contributed by atoms with Gasteiger partial charge in [0.2, 0.25) is 5.91 Å². The number of rotatable bonds is 8. The van der Waals surface area contributed by atoms with E-state index in [9.17, 15) is 19.2 Å². The minimum Gasteiger partial charge on any atom is -0.467 e. The first-order chi connectivity index (χ1) is 13.4. The molecule has 0 saturated carbocycles. The van der Waals surface area contributed by atoms with Gasteiger partial charge < -0.3 is 19.6 Å². The third-order valence-corrected chi connectivity index (χ3v) is 4.58. The number of carbonyl (C=O) groups excluding carboxylic acids is 4. The molecule has 1 saturated heterocycles. The van der Waals surface area contributed by atoms with Crippen LogP contribution in [0.3, 0.4) is 0 Å². The molecule has 0 unspecified atom stereocenters. The number of hydrogen-bond donors (Lipinski definition) is 1. The largest absolute Gasteiger partial charge is 0.467 e. The van der Waals surface area contributed by atoms with E-state index < -0.39 is 30.1 Å². The Morgan fingerprint density at radius 2 is 1.93 bits per heavy atom. The van der Waals surface area contributed by atoms with E-state index in [1.54, 1.807) is 0 Å². The van der Waals surface area contributed by atoms with Gasteiger partial charge in [-0.2, -0.15) is 0 Å². The molecule has 1 aromatic rings. The Kier molecular flexibility index (Phi) is 7.98. The quantitative estimate of drug-likeness (QED) is 0.679.